The molecule has 1 saturated carbocycles. The van der Waals surface area contributed by atoms with Crippen molar-refractivity contribution in [2.45, 2.75) is 67.2 Å². The van der Waals surface area contributed by atoms with Crippen molar-refractivity contribution in [2.75, 3.05) is 0 Å². The fraction of sp³-hybridized carbons (Fsp3) is 1.00. The maximum Gasteiger partial charge on any atom is -0.0365 e. The molecule has 0 spiro atoms. The van der Waals surface area contributed by atoms with E-state index in [9.17, 15) is 0 Å². The van der Waals surface area contributed by atoms with Crippen LogP contribution >= 0.6 is 0 Å². The highest BCUT2D eigenvalue weighted by Crippen LogP contribution is 2.41. The lowest BCUT2D eigenvalue weighted by molar-refractivity contribution is 0.108. The van der Waals surface area contributed by atoms with Crippen molar-refractivity contribution >= 4 is 0 Å². The van der Waals surface area contributed by atoms with Crippen LogP contribution in [0.3, 0.4) is 0 Å². The van der Waals surface area contributed by atoms with Crippen LogP contribution in [0.15, 0.2) is 0 Å². The molecule has 0 aromatic carbocycles. The zero-order chi connectivity index (χ0) is 12.3. The maximum absolute atomic E-state index is 2.52. The Balaban J connectivity index is 2.56. The summed E-state index contributed by atoms with van der Waals surface area (Å²) in [6, 6.07) is 0. The summed E-state index contributed by atoms with van der Waals surface area (Å²) >= 11 is 0. The van der Waals surface area contributed by atoms with Crippen molar-refractivity contribution in [3.8, 4) is 0 Å². The molecule has 0 saturated heterocycles. The first kappa shape index (κ1) is 14.1. The zero-order valence-electron chi connectivity index (χ0n) is 12.3. The van der Waals surface area contributed by atoms with Crippen molar-refractivity contribution in [3.05, 3.63) is 0 Å². The van der Waals surface area contributed by atoms with Crippen molar-refractivity contribution in [1.29, 1.82) is 0 Å². The molecule has 96 valence electrons. The van der Waals surface area contributed by atoms with Gasteiger partial charge in [0.2, 0.25) is 0 Å². The van der Waals surface area contributed by atoms with Gasteiger partial charge in [0.1, 0.15) is 0 Å². The van der Waals surface area contributed by atoms with Crippen LogP contribution in [0.4, 0.5) is 0 Å². The zero-order valence-corrected chi connectivity index (χ0v) is 12.3. The van der Waals surface area contributed by atoms with Crippen LogP contribution in [0.2, 0.25) is 0 Å². The molecule has 1 rings (SSSR count). The van der Waals surface area contributed by atoms with Gasteiger partial charge in [-0.2, -0.15) is 0 Å². The van der Waals surface area contributed by atoms with Gasteiger partial charge in [-0.15, -0.1) is 0 Å². The first-order chi connectivity index (χ1) is 7.47. The Morgan fingerprint density at radius 1 is 1.00 bits per heavy atom. The average molecular weight is 224 g/mol. The molecule has 5 unspecified atom stereocenters. The second-order valence-electron chi connectivity index (χ2n) is 6.70. The van der Waals surface area contributed by atoms with Gasteiger partial charge in [-0.1, -0.05) is 54.4 Å². The monoisotopic (exact) mass is 224 g/mol. The summed E-state index contributed by atoms with van der Waals surface area (Å²) in [6.45, 7) is 14.6. The molecule has 0 radical (unpaired) electrons. The van der Waals surface area contributed by atoms with Gasteiger partial charge >= 0.3 is 0 Å². The van der Waals surface area contributed by atoms with Crippen LogP contribution in [0, 0.1) is 35.5 Å². The molecular formula is C16H32. The highest BCUT2D eigenvalue weighted by molar-refractivity contribution is 4.82. The Kier molecular flexibility index (Phi) is 5.34. The van der Waals surface area contributed by atoms with Gasteiger partial charge in [0.25, 0.3) is 0 Å². The lowest BCUT2D eigenvalue weighted by Crippen LogP contribution is -2.30. The van der Waals surface area contributed by atoms with Gasteiger partial charge in [-0.3, -0.25) is 0 Å². The van der Waals surface area contributed by atoms with Crippen molar-refractivity contribution in [2.24, 2.45) is 35.5 Å². The van der Waals surface area contributed by atoms with E-state index in [2.05, 4.69) is 41.5 Å². The molecule has 0 aromatic heterocycles. The lowest BCUT2D eigenvalue weighted by atomic mass is 9.66. The molecule has 0 nitrogen and oxygen atoms in total. The fourth-order valence-corrected chi connectivity index (χ4v) is 3.87. The Labute approximate surface area is 103 Å². The van der Waals surface area contributed by atoms with E-state index in [4.69, 9.17) is 0 Å². The molecule has 5 atom stereocenters. The van der Waals surface area contributed by atoms with Crippen LogP contribution in [0.5, 0.6) is 0 Å². The summed E-state index contributed by atoms with van der Waals surface area (Å²) in [5.41, 5.74) is 0. The van der Waals surface area contributed by atoms with Gasteiger partial charge in [0.15, 0.2) is 0 Å². The van der Waals surface area contributed by atoms with Crippen molar-refractivity contribution in [3.63, 3.8) is 0 Å². The van der Waals surface area contributed by atoms with Gasteiger partial charge in [-0.25, -0.2) is 0 Å². The third-order valence-electron chi connectivity index (χ3n) is 5.39. The van der Waals surface area contributed by atoms with E-state index in [-0.39, 0.29) is 0 Å². The molecule has 1 fully saturated rings. The van der Waals surface area contributed by atoms with Crippen LogP contribution in [-0.4, -0.2) is 0 Å². The van der Waals surface area contributed by atoms with Crippen LogP contribution in [0.25, 0.3) is 0 Å². The molecule has 0 N–H and O–H groups in total. The van der Waals surface area contributed by atoms with Crippen molar-refractivity contribution < 1.29 is 0 Å². The second kappa shape index (κ2) is 6.07. The Bertz CT molecular complexity index is 194. The van der Waals surface area contributed by atoms with E-state index in [1.807, 2.05) is 0 Å². The van der Waals surface area contributed by atoms with E-state index in [1.165, 1.54) is 25.7 Å². The number of hydrogen-bond donors (Lipinski definition) is 0. The average Bonchev–Trinajstić information content (AvgIpc) is 2.22. The van der Waals surface area contributed by atoms with Crippen molar-refractivity contribution in [1.82, 2.24) is 0 Å². The molecule has 0 bridgehead atoms. The molecule has 0 aromatic rings. The second-order valence-corrected chi connectivity index (χ2v) is 6.70. The smallest absolute Gasteiger partial charge is 0.0365 e. The molecule has 0 heterocycles. The summed E-state index contributed by atoms with van der Waals surface area (Å²) in [6.07, 6.45) is 5.78. The molecule has 1 aliphatic carbocycles. The van der Waals surface area contributed by atoms with Gasteiger partial charge in [0.05, 0.1) is 0 Å². The summed E-state index contributed by atoms with van der Waals surface area (Å²) < 4.78 is 0. The minimum Gasteiger partial charge on any atom is -0.0651 e. The third kappa shape index (κ3) is 3.25. The first-order valence-corrected chi connectivity index (χ1v) is 7.47. The minimum absolute atomic E-state index is 0.856. The molecule has 0 heteroatoms. The van der Waals surface area contributed by atoms with Gasteiger partial charge in [-0.05, 0) is 48.3 Å². The van der Waals surface area contributed by atoms with Gasteiger partial charge in [0, 0.05) is 0 Å². The fourth-order valence-electron chi connectivity index (χ4n) is 3.87. The summed E-state index contributed by atoms with van der Waals surface area (Å²) in [4.78, 5) is 0. The topological polar surface area (TPSA) is 0 Å². The normalized spacial score (nSPS) is 35.1. The molecule has 0 aliphatic heterocycles. The molecule has 1 aliphatic rings. The Morgan fingerprint density at radius 2 is 1.62 bits per heavy atom. The minimum atomic E-state index is 0.856. The Morgan fingerprint density at radius 3 is 2.06 bits per heavy atom. The first-order valence-electron chi connectivity index (χ1n) is 7.47. The quantitative estimate of drug-likeness (QED) is 0.601. The van der Waals surface area contributed by atoms with Crippen LogP contribution in [0.1, 0.15) is 67.2 Å². The SMILES string of the molecule is CCC(C(C)C)C(C)C1CCC(C)C(C)C1. The molecule has 0 amide bonds. The van der Waals surface area contributed by atoms with Gasteiger partial charge < -0.3 is 0 Å². The van der Waals surface area contributed by atoms with E-state index in [0.717, 1.165) is 35.5 Å². The third-order valence-corrected chi connectivity index (χ3v) is 5.39. The number of hydrogen-bond acceptors (Lipinski definition) is 0. The molecular weight excluding hydrogens is 192 g/mol. The largest absolute Gasteiger partial charge is 0.0651 e. The standard InChI is InChI=1S/C16H32/c1-7-16(11(2)3)14(6)15-9-8-12(4)13(5)10-15/h11-16H,7-10H2,1-6H3. The van der Waals surface area contributed by atoms with E-state index >= 15 is 0 Å². The van der Waals surface area contributed by atoms with Crippen LogP contribution < -0.4 is 0 Å². The summed E-state index contributed by atoms with van der Waals surface area (Å²) in [5.74, 6) is 5.63. The van der Waals surface area contributed by atoms with E-state index < -0.39 is 0 Å². The van der Waals surface area contributed by atoms with E-state index in [1.54, 1.807) is 0 Å². The molecule has 16 heavy (non-hydrogen) atoms. The summed E-state index contributed by atoms with van der Waals surface area (Å²) in [5, 5.41) is 0. The number of rotatable bonds is 4. The highest BCUT2D eigenvalue weighted by Gasteiger charge is 2.32. The van der Waals surface area contributed by atoms with E-state index in [0.29, 0.717) is 0 Å². The Hall–Kier alpha value is 0. The summed E-state index contributed by atoms with van der Waals surface area (Å²) in [7, 11) is 0. The highest BCUT2D eigenvalue weighted by atomic mass is 14.4. The van der Waals surface area contributed by atoms with Crippen LogP contribution in [-0.2, 0) is 0 Å². The predicted molar refractivity (Wildman–Crippen MR) is 73.5 cm³/mol. The maximum atomic E-state index is 2.52. The lowest BCUT2D eigenvalue weighted by Gasteiger charge is -2.39. The predicted octanol–water partition coefficient (Wildman–Crippen LogP) is 5.38.